The quantitative estimate of drug-likeness (QED) is 0.442. The van der Waals surface area contributed by atoms with Crippen LogP contribution in [0.5, 0.6) is 0 Å². The standard InChI is InChI=1S/C22H16ClN5O4/c23-13-6-7-15-14(10-13)17(18(21(30)31)27(15)11-12-4-2-1-3-5-12)28-20(29)16-19(26-22(28)32)25-9-8-24-16/h1-7,9-10,24H,8,11H2,(H,26,32)(H,30,31). The number of aromatic nitrogens is 3. The van der Waals surface area contributed by atoms with Gasteiger partial charge in [0.25, 0.3) is 5.56 Å². The Morgan fingerprint density at radius 3 is 2.69 bits per heavy atom. The van der Waals surface area contributed by atoms with E-state index in [1.807, 2.05) is 30.3 Å². The van der Waals surface area contributed by atoms with E-state index in [0.717, 1.165) is 10.1 Å². The van der Waals surface area contributed by atoms with Gasteiger partial charge in [-0.15, -0.1) is 0 Å². The molecule has 0 aliphatic carbocycles. The highest BCUT2D eigenvalue weighted by molar-refractivity contribution is 6.31. The Kier molecular flexibility index (Phi) is 4.67. The van der Waals surface area contributed by atoms with Crippen molar-refractivity contribution >= 4 is 46.2 Å². The van der Waals surface area contributed by atoms with E-state index in [1.165, 1.54) is 6.21 Å². The smallest absolute Gasteiger partial charge is 0.354 e. The number of hydrogen-bond acceptors (Lipinski definition) is 5. The number of benzene rings is 2. The summed E-state index contributed by atoms with van der Waals surface area (Å²) in [5.41, 5.74) is -0.252. The van der Waals surface area contributed by atoms with Crippen molar-refractivity contribution in [1.29, 1.82) is 0 Å². The Morgan fingerprint density at radius 1 is 1.16 bits per heavy atom. The third-order valence-electron chi connectivity index (χ3n) is 5.28. The number of aromatic amines is 1. The Bertz CT molecular complexity index is 1530. The molecular weight excluding hydrogens is 434 g/mol. The van der Waals surface area contributed by atoms with Crippen molar-refractivity contribution in [3.63, 3.8) is 0 Å². The molecule has 0 saturated carbocycles. The summed E-state index contributed by atoms with van der Waals surface area (Å²) in [6.45, 7) is 0.530. The molecule has 0 radical (unpaired) electrons. The molecule has 2 aromatic carbocycles. The molecule has 0 amide bonds. The highest BCUT2D eigenvalue weighted by Gasteiger charge is 2.28. The number of carboxylic acids is 1. The van der Waals surface area contributed by atoms with Gasteiger partial charge in [-0.05, 0) is 23.8 Å². The van der Waals surface area contributed by atoms with Crippen molar-refractivity contribution in [1.82, 2.24) is 14.1 Å². The lowest BCUT2D eigenvalue weighted by Gasteiger charge is -2.14. The van der Waals surface area contributed by atoms with Gasteiger partial charge in [0.05, 0.1) is 17.7 Å². The van der Waals surface area contributed by atoms with Crippen molar-refractivity contribution in [3.05, 3.63) is 85.6 Å². The van der Waals surface area contributed by atoms with Gasteiger partial charge in [-0.25, -0.2) is 19.1 Å². The van der Waals surface area contributed by atoms with Gasteiger partial charge in [0.15, 0.2) is 11.5 Å². The molecule has 2 aromatic heterocycles. The Labute approximate surface area is 185 Å². The van der Waals surface area contributed by atoms with E-state index in [4.69, 9.17) is 11.6 Å². The minimum Gasteiger partial charge on any atom is -0.477 e. The number of fused-ring (bicyclic) bond motifs is 2. The third kappa shape index (κ3) is 3.10. The fourth-order valence-corrected chi connectivity index (χ4v) is 4.12. The van der Waals surface area contributed by atoms with E-state index in [1.54, 1.807) is 22.8 Å². The zero-order valence-corrected chi connectivity index (χ0v) is 17.3. The predicted octanol–water partition coefficient (Wildman–Crippen LogP) is 3.01. The molecule has 10 heteroatoms. The van der Waals surface area contributed by atoms with Crippen LogP contribution in [-0.2, 0) is 6.54 Å². The summed E-state index contributed by atoms with van der Waals surface area (Å²) in [6, 6.07) is 14.2. The maximum atomic E-state index is 13.3. The fourth-order valence-electron chi connectivity index (χ4n) is 3.95. The molecule has 1 aliphatic heterocycles. The molecule has 5 rings (SSSR count). The zero-order valence-electron chi connectivity index (χ0n) is 16.5. The molecule has 0 spiro atoms. The summed E-state index contributed by atoms with van der Waals surface area (Å²) in [4.78, 5) is 45.3. The number of rotatable bonds is 4. The van der Waals surface area contributed by atoms with Crippen LogP contribution >= 0.6 is 11.6 Å². The summed E-state index contributed by atoms with van der Waals surface area (Å²) in [5, 5.41) is 13.8. The summed E-state index contributed by atoms with van der Waals surface area (Å²) in [7, 11) is 0. The summed E-state index contributed by atoms with van der Waals surface area (Å²) in [6.07, 6.45) is 1.52. The molecule has 0 bridgehead atoms. The molecule has 0 atom stereocenters. The average molecular weight is 450 g/mol. The minimum atomic E-state index is -1.28. The second-order valence-electron chi connectivity index (χ2n) is 7.22. The van der Waals surface area contributed by atoms with Crippen LogP contribution in [0.25, 0.3) is 16.6 Å². The number of nitrogens with zero attached hydrogens (tertiary/aromatic N) is 3. The number of carboxylic acid groups (broad SMARTS) is 1. The number of carbonyl (C=O) groups is 1. The van der Waals surface area contributed by atoms with Gasteiger partial charge in [-0.3, -0.25) is 9.78 Å². The van der Waals surface area contributed by atoms with E-state index < -0.39 is 17.2 Å². The summed E-state index contributed by atoms with van der Waals surface area (Å²) in [5.74, 6) is -1.18. The van der Waals surface area contributed by atoms with Gasteiger partial charge in [0.1, 0.15) is 5.69 Å². The minimum absolute atomic E-state index is 0.0451. The predicted molar refractivity (Wildman–Crippen MR) is 122 cm³/mol. The first kappa shape index (κ1) is 19.8. The molecule has 0 fully saturated rings. The number of hydrogen-bond donors (Lipinski definition) is 3. The first-order chi connectivity index (χ1) is 15.5. The van der Waals surface area contributed by atoms with Crippen molar-refractivity contribution in [2.75, 3.05) is 11.9 Å². The van der Waals surface area contributed by atoms with E-state index in [2.05, 4.69) is 15.3 Å². The van der Waals surface area contributed by atoms with Crippen molar-refractivity contribution in [2.45, 2.75) is 6.54 Å². The SMILES string of the molecule is O=C(O)c1c(-n2c(=O)[nH]c3c(c2=O)NCC=N3)c2cc(Cl)ccc2n1Cc1ccccc1. The van der Waals surface area contributed by atoms with Crippen LogP contribution in [0.2, 0.25) is 5.02 Å². The van der Waals surface area contributed by atoms with Crippen LogP contribution in [0.1, 0.15) is 16.1 Å². The summed E-state index contributed by atoms with van der Waals surface area (Å²) < 4.78 is 2.39. The van der Waals surface area contributed by atoms with Crippen LogP contribution < -0.4 is 16.6 Å². The average Bonchev–Trinajstić information content (AvgIpc) is 3.08. The van der Waals surface area contributed by atoms with Crippen LogP contribution in [0.15, 0.2) is 63.1 Å². The van der Waals surface area contributed by atoms with E-state index in [-0.39, 0.29) is 29.4 Å². The maximum absolute atomic E-state index is 13.3. The monoisotopic (exact) mass is 449 g/mol. The van der Waals surface area contributed by atoms with Gasteiger partial charge < -0.3 is 15.0 Å². The van der Waals surface area contributed by atoms with Gasteiger partial charge in [0, 0.05) is 23.2 Å². The zero-order chi connectivity index (χ0) is 22.4. The van der Waals surface area contributed by atoms with Crippen LogP contribution in [0.4, 0.5) is 11.5 Å². The number of anilines is 1. The van der Waals surface area contributed by atoms with Crippen LogP contribution in [0, 0.1) is 0 Å². The normalized spacial score (nSPS) is 12.5. The second kappa shape index (κ2) is 7.54. The highest BCUT2D eigenvalue weighted by atomic mass is 35.5. The van der Waals surface area contributed by atoms with Crippen molar-refractivity contribution in [3.8, 4) is 5.69 Å². The first-order valence-electron chi connectivity index (χ1n) is 9.71. The second-order valence-corrected chi connectivity index (χ2v) is 7.66. The Hall–Kier alpha value is -4.11. The van der Waals surface area contributed by atoms with Gasteiger partial charge in [0.2, 0.25) is 0 Å². The molecule has 1 aliphatic rings. The van der Waals surface area contributed by atoms with Gasteiger partial charge in [-0.2, -0.15) is 0 Å². The molecule has 160 valence electrons. The fraction of sp³-hybridized carbons (Fsp3) is 0.0909. The molecule has 0 saturated heterocycles. The molecule has 32 heavy (non-hydrogen) atoms. The summed E-state index contributed by atoms with van der Waals surface area (Å²) >= 11 is 6.21. The van der Waals surface area contributed by atoms with Gasteiger partial charge in [-0.1, -0.05) is 41.9 Å². The molecule has 4 aromatic rings. The van der Waals surface area contributed by atoms with Gasteiger partial charge >= 0.3 is 11.7 Å². The number of nitrogens with one attached hydrogen (secondary N) is 2. The largest absolute Gasteiger partial charge is 0.477 e. The Balaban J connectivity index is 1.89. The van der Waals surface area contributed by atoms with E-state index in [0.29, 0.717) is 22.5 Å². The maximum Gasteiger partial charge on any atom is 0.354 e. The van der Waals surface area contributed by atoms with E-state index >= 15 is 0 Å². The molecule has 9 nitrogen and oxygen atoms in total. The Morgan fingerprint density at radius 2 is 1.94 bits per heavy atom. The molecule has 3 heterocycles. The molecule has 3 N–H and O–H groups in total. The van der Waals surface area contributed by atoms with Crippen molar-refractivity contribution in [2.24, 2.45) is 4.99 Å². The highest BCUT2D eigenvalue weighted by Crippen LogP contribution is 2.32. The third-order valence-corrected chi connectivity index (χ3v) is 5.52. The lowest BCUT2D eigenvalue weighted by Crippen LogP contribution is -2.37. The van der Waals surface area contributed by atoms with E-state index in [9.17, 15) is 19.5 Å². The lowest BCUT2D eigenvalue weighted by atomic mass is 10.2. The van der Waals surface area contributed by atoms with Crippen molar-refractivity contribution < 1.29 is 9.90 Å². The lowest BCUT2D eigenvalue weighted by molar-refractivity contribution is 0.0686. The number of aliphatic imine (C=N–C) groups is 1. The topological polar surface area (TPSA) is 121 Å². The van der Waals surface area contributed by atoms with Crippen LogP contribution in [0.3, 0.4) is 0 Å². The van der Waals surface area contributed by atoms with Crippen LogP contribution in [-0.4, -0.2) is 38.0 Å². The molecular formula is C22H16ClN5O4. The number of H-pyrrole nitrogens is 1. The molecule has 0 unspecified atom stereocenters. The number of halogens is 1. The first-order valence-corrected chi connectivity index (χ1v) is 10.1. The number of aromatic carboxylic acids is 1.